The Balaban J connectivity index is 1.87. The molecule has 0 saturated carbocycles. The molecule has 2 aromatic carbocycles. The molecule has 0 spiro atoms. The fourth-order valence-electron chi connectivity index (χ4n) is 2.77. The lowest BCUT2D eigenvalue weighted by Crippen LogP contribution is -2.58. The SMILES string of the molecule is [N-]=[N+]=N[C@H]1CN(c2ccc(-c3ccccc3)cc2)C(=O)[C@H](O)[C@@H]1O. The van der Waals surface area contributed by atoms with Gasteiger partial charge in [0.25, 0.3) is 5.91 Å². The van der Waals surface area contributed by atoms with E-state index >= 15 is 0 Å². The lowest BCUT2D eigenvalue weighted by atomic mass is 9.98. The van der Waals surface area contributed by atoms with Gasteiger partial charge in [0, 0.05) is 17.1 Å². The van der Waals surface area contributed by atoms with Crippen LogP contribution in [0.2, 0.25) is 0 Å². The summed E-state index contributed by atoms with van der Waals surface area (Å²) in [5.41, 5.74) is 11.2. The van der Waals surface area contributed by atoms with Crippen LogP contribution < -0.4 is 4.90 Å². The normalized spacial score (nSPS) is 23.7. The molecule has 1 amide bonds. The molecule has 0 bridgehead atoms. The van der Waals surface area contributed by atoms with Crippen molar-refractivity contribution in [1.82, 2.24) is 0 Å². The number of hydrogen-bond acceptors (Lipinski definition) is 4. The van der Waals surface area contributed by atoms with Crippen molar-refractivity contribution in [2.75, 3.05) is 11.4 Å². The molecule has 0 unspecified atom stereocenters. The first-order valence-electron chi connectivity index (χ1n) is 7.49. The van der Waals surface area contributed by atoms with Crippen LogP contribution in [0.15, 0.2) is 59.7 Å². The molecule has 2 aromatic rings. The van der Waals surface area contributed by atoms with Crippen LogP contribution in [-0.4, -0.2) is 40.9 Å². The number of carbonyl (C=O) groups is 1. The first-order chi connectivity index (χ1) is 11.6. The van der Waals surface area contributed by atoms with Crippen LogP contribution >= 0.6 is 0 Å². The Morgan fingerprint density at radius 3 is 2.29 bits per heavy atom. The van der Waals surface area contributed by atoms with Crippen molar-refractivity contribution in [1.29, 1.82) is 0 Å². The average molecular weight is 324 g/mol. The molecule has 0 aromatic heterocycles. The number of nitrogens with zero attached hydrogens (tertiary/aromatic N) is 4. The third-order valence-corrected chi connectivity index (χ3v) is 4.09. The number of aliphatic hydroxyl groups is 2. The summed E-state index contributed by atoms with van der Waals surface area (Å²) in [5, 5.41) is 23.2. The quantitative estimate of drug-likeness (QED) is 0.512. The maximum atomic E-state index is 12.2. The van der Waals surface area contributed by atoms with Crippen LogP contribution in [0.3, 0.4) is 0 Å². The third-order valence-electron chi connectivity index (χ3n) is 4.09. The molecule has 1 aliphatic heterocycles. The van der Waals surface area contributed by atoms with Crippen LogP contribution in [-0.2, 0) is 4.79 Å². The molecule has 1 saturated heterocycles. The van der Waals surface area contributed by atoms with E-state index in [1.54, 1.807) is 12.1 Å². The number of amides is 1. The number of anilines is 1. The maximum absolute atomic E-state index is 12.2. The summed E-state index contributed by atoms with van der Waals surface area (Å²) in [6.45, 7) is 0.0196. The van der Waals surface area contributed by atoms with E-state index < -0.39 is 24.2 Å². The molecule has 7 nitrogen and oxygen atoms in total. The zero-order valence-corrected chi connectivity index (χ0v) is 12.7. The summed E-state index contributed by atoms with van der Waals surface area (Å²) in [5.74, 6) is -0.612. The van der Waals surface area contributed by atoms with Gasteiger partial charge in [0.1, 0.15) is 0 Å². The number of azide groups is 1. The Bertz CT molecular complexity index is 772. The highest BCUT2D eigenvalue weighted by Crippen LogP contribution is 2.26. The van der Waals surface area contributed by atoms with E-state index in [0.29, 0.717) is 5.69 Å². The van der Waals surface area contributed by atoms with Crippen molar-refractivity contribution in [3.63, 3.8) is 0 Å². The van der Waals surface area contributed by atoms with Gasteiger partial charge in [-0.25, -0.2) is 0 Å². The van der Waals surface area contributed by atoms with E-state index in [0.717, 1.165) is 11.1 Å². The van der Waals surface area contributed by atoms with E-state index in [1.165, 1.54) is 4.90 Å². The van der Waals surface area contributed by atoms with Gasteiger partial charge in [0.15, 0.2) is 6.10 Å². The minimum absolute atomic E-state index is 0.0196. The third kappa shape index (κ3) is 2.96. The molecule has 1 heterocycles. The van der Waals surface area contributed by atoms with Gasteiger partial charge in [-0.15, -0.1) is 0 Å². The monoisotopic (exact) mass is 324 g/mol. The van der Waals surface area contributed by atoms with Crippen LogP contribution in [0, 0.1) is 0 Å². The van der Waals surface area contributed by atoms with Crippen LogP contribution in [0.1, 0.15) is 0 Å². The lowest BCUT2D eigenvalue weighted by Gasteiger charge is -2.36. The number of rotatable bonds is 3. The van der Waals surface area contributed by atoms with Crippen molar-refractivity contribution >= 4 is 11.6 Å². The van der Waals surface area contributed by atoms with Gasteiger partial charge in [-0.1, -0.05) is 47.6 Å². The van der Waals surface area contributed by atoms with E-state index in [1.807, 2.05) is 42.5 Å². The van der Waals surface area contributed by atoms with E-state index in [4.69, 9.17) is 5.53 Å². The minimum Gasteiger partial charge on any atom is -0.389 e. The average Bonchev–Trinajstić information content (AvgIpc) is 2.63. The largest absolute Gasteiger partial charge is 0.389 e. The summed E-state index contributed by atoms with van der Waals surface area (Å²) in [6.07, 6.45) is -3.00. The second-order valence-electron chi connectivity index (χ2n) is 5.57. The maximum Gasteiger partial charge on any atom is 0.258 e. The highest BCUT2D eigenvalue weighted by molar-refractivity contribution is 5.98. The molecule has 0 radical (unpaired) electrons. The molecule has 1 fully saturated rings. The van der Waals surface area contributed by atoms with Crippen LogP contribution in [0.4, 0.5) is 5.69 Å². The summed E-state index contributed by atoms with van der Waals surface area (Å²) in [7, 11) is 0. The number of carbonyl (C=O) groups excluding carboxylic acids is 1. The highest BCUT2D eigenvalue weighted by Gasteiger charge is 2.41. The van der Waals surface area contributed by atoms with Gasteiger partial charge in [-0.2, -0.15) is 0 Å². The van der Waals surface area contributed by atoms with Crippen molar-refractivity contribution in [2.45, 2.75) is 18.2 Å². The molecule has 3 atom stereocenters. The zero-order valence-electron chi connectivity index (χ0n) is 12.7. The number of aliphatic hydroxyl groups excluding tert-OH is 2. The van der Waals surface area contributed by atoms with Gasteiger partial charge in [0.2, 0.25) is 0 Å². The Morgan fingerprint density at radius 1 is 1.04 bits per heavy atom. The van der Waals surface area contributed by atoms with Gasteiger partial charge in [0.05, 0.1) is 12.1 Å². The summed E-state index contributed by atoms with van der Waals surface area (Å²) in [6, 6.07) is 16.2. The first-order valence-corrected chi connectivity index (χ1v) is 7.49. The van der Waals surface area contributed by atoms with Gasteiger partial charge in [-0.05, 0) is 28.8 Å². The van der Waals surface area contributed by atoms with Crippen molar-refractivity contribution < 1.29 is 15.0 Å². The topological polar surface area (TPSA) is 110 Å². The molecular formula is C17H16N4O3. The molecule has 7 heteroatoms. The number of benzene rings is 2. The molecule has 1 aliphatic rings. The molecule has 0 aliphatic carbocycles. The van der Waals surface area contributed by atoms with E-state index in [9.17, 15) is 15.0 Å². The number of hydrogen-bond donors (Lipinski definition) is 2. The second kappa shape index (κ2) is 6.72. The van der Waals surface area contributed by atoms with Gasteiger partial charge < -0.3 is 15.1 Å². The fourth-order valence-corrected chi connectivity index (χ4v) is 2.77. The second-order valence-corrected chi connectivity index (χ2v) is 5.57. The van der Waals surface area contributed by atoms with Crippen molar-refractivity contribution in [3.05, 3.63) is 65.0 Å². The van der Waals surface area contributed by atoms with Crippen LogP contribution in [0.25, 0.3) is 21.6 Å². The van der Waals surface area contributed by atoms with Gasteiger partial charge >= 0.3 is 0 Å². The highest BCUT2D eigenvalue weighted by atomic mass is 16.3. The standard InChI is InChI=1S/C17H16N4O3/c18-20-19-14-10-21(17(24)16(23)15(14)22)13-8-6-12(7-9-13)11-4-2-1-3-5-11/h1-9,14-16,22-23H,10H2/t14-,15+,16+/m0/s1. The predicted molar refractivity (Wildman–Crippen MR) is 89.2 cm³/mol. The first kappa shape index (κ1) is 16.0. The Labute approximate surface area is 138 Å². The minimum atomic E-state index is -1.61. The smallest absolute Gasteiger partial charge is 0.258 e. The lowest BCUT2D eigenvalue weighted by molar-refractivity contribution is -0.136. The van der Waals surface area contributed by atoms with Crippen LogP contribution in [0.5, 0.6) is 0 Å². The fraction of sp³-hybridized carbons (Fsp3) is 0.235. The summed E-state index contributed by atoms with van der Waals surface area (Å²) < 4.78 is 0. The van der Waals surface area contributed by atoms with E-state index in [2.05, 4.69) is 10.0 Å². The molecular weight excluding hydrogens is 308 g/mol. The molecule has 122 valence electrons. The summed E-state index contributed by atoms with van der Waals surface area (Å²) in [4.78, 5) is 16.2. The Kier molecular flexibility index (Phi) is 4.48. The van der Waals surface area contributed by atoms with Crippen molar-refractivity contribution in [3.8, 4) is 11.1 Å². The molecule has 3 rings (SSSR count). The number of piperidine rings is 1. The Morgan fingerprint density at radius 2 is 1.67 bits per heavy atom. The molecule has 2 N–H and O–H groups in total. The van der Waals surface area contributed by atoms with Crippen molar-refractivity contribution in [2.24, 2.45) is 5.11 Å². The van der Waals surface area contributed by atoms with Gasteiger partial charge in [-0.3, -0.25) is 4.79 Å². The molecule has 24 heavy (non-hydrogen) atoms. The zero-order chi connectivity index (χ0) is 17.1. The Hall–Kier alpha value is -2.86. The van der Waals surface area contributed by atoms with E-state index in [-0.39, 0.29) is 6.54 Å². The predicted octanol–water partition coefficient (Wildman–Crippen LogP) is 2.10. The summed E-state index contributed by atoms with van der Waals surface area (Å²) >= 11 is 0.